The Labute approximate surface area is 117 Å². The van der Waals surface area contributed by atoms with Gasteiger partial charge in [0.15, 0.2) is 9.84 Å². The van der Waals surface area contributed by atoms with Gasteiger partial charge in [-0.3, -0.25) is 4.68 Å². The van der Waals surface area contributed by atoms with Gasteiger partial charge in [-0.25, -0.2) is 8.42 Å². The van der Waals surface area contributed by atoms with Crippen molar-refractivity contribution in [1.29, 1.82) is 0 Å². The highest BCUT2D eigenvalue weighted by Gasteiger charge is 2.35. The highest BCUT2D eigenvalue weighted by Crippen LogP contribution is 2.33. The minimum absolute atomic E-state index is 0.249. The maximum atomic E-state index is 12.6. The molecule has 2 N–H and O–H groups in total. The second-order valence-corrected chi connectivity index (χ2v) is 6.96. The summed E-state index contributed by atoms with van der Waals surface area (Å²) in [6.07, 6.45) is 1.58. The molecular formula is C13H15N3O3S. The predicted molar refractivity (Wildman–Crippen MR) is 74.8 cm³/mol. The van der Waals surface area contributed by atoms with E-state index in [9.17, 15) is 8.42 Å². The summed E-state index contributed by atoms with van der Waals surface area (Å²) in [5, 5.41) is 3.60. The van der Waals surface area contributed by atoms with E-state index < -0.39 is 15.1 Å². The van der Waals surface area contributed by atoms with Crippen LogP contribution >= 0.6 is 0 Å². The fraction of sp³-hybridized carbons (Fsp3) is 0.308. The summed E-state index contributed by atoms with van der Waals surface area (Å²) in [5.41, 5.74) is 7.17. The van der Waals surface area contributed by atoms with Crippen molar-refractivity contribution in [3.8, 4) is 11.1 Å². The van der Waals surface area contributed by atoms with E-state index in [1.807, 2.05) is 0 Å². The number of hydrogen-bond donors (Lipinski definition) is 1. The number of ether oxygens (including phenoxy) is 1. The Morgan fingerprint density at radius 2 is 2.00 bits per heavy atom. The van der Waals surface area contributed by atoms with Crippen LogP contribution in [0.5, 0.6) is 0 Å². The van der Waals surface area contributed by atoms with Crippen LogP contribution in [0.2, 0.25) is 0 Å². The first-order valence-corrected chi connectivity index (χ1v) is 7.75. The van der Waals surface area contributed by atoms with Crippen LogP contribution in [0.15, 0.2) is 35.4 Å². The van der Waals surface area contributed by atoms with Gasteiger partial charge in [-0.2, -0.15) is 5.10 Å². The molecule has 0 aliphatic carbocycles. The Morgan fingerprint density at radius 1 is 1.30 bits per heavy atom. The van der Waals surface area contributed by atoms with Crippen molar-refractivity contribution in [3.63, 3.8) is 0 Å². The molecule has 6 nitrogen and oxygen atoms in total. The molecule has 1 aliphatic heterocycles. The smallest absolute Gasteiger partial charge is 0.186 e. The number of rotatable bonds is 3. The van der Waals surface area contributed by atoms with Crippen LogP contribution < -0.4 is 5.73 Å². The first-order chi connectivity index (χ1) is 9.51. The number of hydrogen-bond acceptors (Lipinski definition) is 5. The van der Waals surface area contributed by atoms with Gasteiger partial charge in [-0.1, -0.05) is 18.2 Å². The lowest BCUT2D eigenvalue weighted by Crippen LogP contribution is -2.40. The molecule has 0 amide bonds. The molecule has 20 heavy (non-hydrogen) atoms. The summed E-state index contributed by atoms with van der Waals surface area (Å²) >= 11 is 0. The normalized spacial score (nSPS) is 16.1. The second-order valence-electron chi connectivity index (χ2n) is 4.77. The van der Waals surface area contributed by atoms with Gasteiger partial charge in [-0.15, -0.1) is 0 Å². The number of nitrogens with zero attached hydrogens (tertiary/aromatic N) is 2. The summed E-state index contributed by atoms with van der Waals surface area (Å²) in [6.45, 7) is 0.498. The molecule has 2 heterocycles. The molecular weight excluding hydrogens is 278 g/mol. The van der Waals surface area contributed by atoms with Crippen LogP contribution in [0.4, 0.5) is 5.82 Å². The molecule has 0 radical (unpaired) electrons. The van der Waals surface area contributed by atoms with Gasteiger partial charge in [0.1, 0.15) is 11.1 Å². The van der Waals surface area contributed by atoms with Crippen LogP contribution in [0.1, 0.15) is 0 Å². The van der Waals surface area contributed by atoms with Gasteiger partial charge < -0.3 is 10.5 Å². The first-order valence-electron chi connectivity index (χ1n) is 6.20. The molecule has 7 heteroatoms. The summed E-state index contributed by atoms with van der Waals surface area (Å²) in [4.78, 5) is 0.285. The van der Waals surface area contributed by atoms with E-state index in [-0.39, 0.29) is 18.1 Å². The van der Waals surface area contributed by atoms with Crippen molar-refractivity contribution in [2.45, 2.75) is 10.1 Å². The number of nitrogen functional groups attached to an aromatic ring is 1. The van der Waals surface area contributed by atoms with Crippen molar-refractivity contribution in [3.05, 3.63) is 30.5 Å². The number of anilines is 1. The number of benzene rings is 1. The zero-order chi connectivity index (χ0) is 14.3. The van der Waals surface area contributed by atoms with Crippen molar-refractivity contribution >= 4 is 15.7 Å². The lowest BCUT2D eigenvalue weighted by molar-refractivity contribution is 0.0416. The molecule has 1 saturated heterocycles. The van der Waals surface area contributed by atoms with Crippen molar-refractivity contribution in [2.75, 3.05) is 18.9 Å². The molecule has 0 saturated carbocycles. The fourth-order valence-electron chi connectivity index (χ4n) is 2.16. The van der Waals surface area contributed by atoms with Gasteiger partial charge >= 0.3 is 0 Å². The molecule has 1 fully saturated rings. The van der Waals surface area contributed by atoms with Crippen LogP contribution in [-0.2, 0) is 21.6 Å². The van der Waals surface area contributed by atoms with Crippen LogP contribution in [0.25, 0.3) is 11.1 Å². The highest BCUT2D eigenvalue weighted by molar-refractivity contribution is 7.92. The topological polar surface area (TPSA) is 87.2 Å². The van der Waals surface area contributed by atoms with Crippen molar-refractivity contribution in [1.82, 2.24) is 9.78 Å². The molecule has 0 unspecified atom stereocenters. The lowest BCUT2D eigenvalue weighted by Gasteiger charge is -2.26. The maximum absolute atomic E-state index is 12.6. The monoisotopic (exact) mass is 293 g/mol. The van der Waals surface area contributed by atoms with Gasteiger partial charge in [0.2, 0.25) is 0 Å². The quantitative estimate of drug-likeness (QED) is 0.906. The Balaban J connectivity index is 2.16. The average molecular weight is 293 g/mol. The zero-order valence-electron chi connectivity index (χ0n) is 11.0. The van der Waals surface area contributed by atoms with Gasteiger partial charge in [0.05, 0.1) is 24.3 Å². The number of aromatic nitrogens is 2. The molecule has 3 rings (SSSR count). The third-order valence-corrected chi connectivity index (χ3v) is 5.63. The van der Waals surface area contributed by atoms with E-state index in [2.05, 4.69) is 5.10 Å². The van der Waals surface area contributed by atoms with Crippen LogP contribution in [0, 0.1) is 0 Å². The van der Waals surface area contributed by atoms with E-state index in [4.69, 9.17) is 10.5 Å². The third-order valence-electron chi connectivity index (χ3n) is 3.51. The average Bonchev–Trinajstić information content (AvgIpc) is 2.67. The SMILES string of the molecule is Cn1ncc(-c2ccccc2S(=O)(=O)C2COC2)c1N. The first kappa shape index (κ1) is 13.1. The molecule has 0 spiro atoms. The van der Waals surface area contributed by atoms with Crippen molar-refractivity contribution in [2.24, 2.45) is 7.05 Å². The third kappa shape index (κ3) is 1.90. The Bertz CT molecular complexity index is 748. The number of sulfone groups is 1. The summed E-state index contributed by atoms with van der Waals surface area (Å²) in [5.74, 6) is 0.442. The maximum Gasteiger partial charge on any atom is 0.186 e. The molecule has 2 aromatic rings. The molecule has 1 aromatic carbocycles. The van der Waals surface area contributed by atoms with Crippen LogP contribution in [0.3, 0.4) is 0 Å². The summed E-state index contributed by atoms with van der Waals surface area (Å²) < 4.78 is 31.7. The lowest BCUT2D eigenvalue weighted by atomic mass is 10.1. The van der Waals surface area contributed by atoms with Crippen molar-refractivity contribution < 1.29 is 13.2 Å². The van der Waals surface area contributed by atoms with E-state index in [0.29, 0.717) is 16.9 Å². The molecule has 1 aliphatic rings. The highest BCUT2D eigenvalue weighted by atomic mass is 32.2. The van der Waals surface area contributed by atoms with E-state index in [0.717, 1.165) is 0 Å². The fourth-order valence-corrected chi connectivity index (χ4v) is 3.83. The van der Waals surface area contributed by atoms with E-state index in [1.165, 1.54) is 4.68 Å². The second kappa shape index (κ2) is 4.60. The largest absolute Gasteiger partial charge is 0.383 e. The van der Waals surface area contributed by atoms with Gasteiger partial charge in [-0.05, 0) is 6.07 Å². The molecule has 0 atom stereocenters. The van der Waals surface area contributed by atoms with Gasteiger partial charge in [0.25, 0.3) is 0 Å². The van der Waals surface area contributed by atoms with Crippen LogP contribution in [-0.4, -0.2) is 36.7 Å². The zero-order valence-corrected chi connectivity index (χ0v) is 11.8. The molecule has 106 valence electrons. The Morgan fingerprint density at radius 3 is 2.55 bits per heavy atom. The minimum Gasteiger partial charge on any atom is -0.383 e. The minimum atomic E-state index is -3.41. The predicted octanol–water partition coefficient (Wildman–Crippen LogP) is 0.842. The van der Waals surface area contributed by atoms with Gasteiger partial charge in [0, 0.05) is 18.2 Å². The number of aryl methyl sites for hydroxylation is 1. The molecule has 0 bridgehead atoms. The van der Waals surface area contributed by atoms with E-state index >= 15 is 0 Å². The Kier molecular flexibility index (Phi) is 3.02. The molecule has 1 aromatic heterocycles. The number of nitrogens with two attached hydrogens (primary N) is 1. The Hall–Kier alpha value is -1.86. The standard InChI is InChI=1S/C13H15N3O3S/c1-16-13(14)11(6-15-16)10-4-2-3-5-12(10)20(17,18)9-7-19-8-9/h2-6,9H,7-8,14H2,1H3. The van der Waals surface area contributed by atoms with E-state index in [1.54, 1.807) is 37.5 Å². The summed E-state index contributed by atoms with van der Waals surface area (Å²) in [7, 11) is -1.69. The summed E-state index contributed by atoms with van der Waals surface area (Å²) in [6, 6.07) is 6.86.